The topological polar surface area (TPSA) is 48.6 Å². The molecular formula is C22H24ClN3O2. The Morgan fingerprint density at radius 3 is 2.61 bits per heavy atom. The molecule has 1 aromatic heterocycles. The van der Waals surface area contributed by atoms with E-state index in [2.05, 4.69) is 16.0 Å². The Morgan fingerprint density at radius 2 is 1.79 bits per heavy atom. The second-order valence-electron chi connectivity index (χ2n) is 7.04. The molecule has 0 atom stereocenters. The van der Waals surface area contributed by atoms with Crippen molar-refractivity contribution in [3.8, 4) is 5.75 Å². The normalized spacial score (nSPS) is 15.1. The monoisotopic (exact) mass is 397 g/mol. The highest BCUT2D eigenvalue weighted by Crippen LogP contribution is 2.23. The first-order valence-corrected chi connectivity index (χ1v) is 10.0. The number of H-pyrrole nitrogens is 1. The van der Waals surface area contributed by atoms with Gasteiger partial charge in [0.25, 0.3) is 0 Å². The van der Waals surface area contributed by atoms with Crippen LogP contribution in [0.25, 0.3) is 10.9 Å². The van der Waals surface area contributed by atoms with Crippen molar-refractivity contribution in [1.82, 2.24) is 14.8 Å². The SMILES string of the molecule is O=C(Cc1c[nH]c2ccccc12)N1CCN(CCOc2ccccc2Cl)CC1. The van der Waals surface area contributed by atoms with Crippen LogP contribution in [0.5, 0.6) is 5.75 Å². The average molecular weight is 398 g/mol. The fraction of sp³-hybridized carbons (Fsp3) is 0.318. The third-order valence-corrected chi connectivity index (χ3v) is 5.56. The number of halogens is 1. The summed E-state index contributed by atoms with van der Waals surface area (Å²) in [7, 11) is 0. The molecule has 0 saturated carbocycles. The van der Waals surface area contributed by atoms with Crippen molar-refractivity contribution < 1.29 is 9.53 Å². The quantitative estimate of drug-likeness (QED) is 0.691. The van der Waals surface area contributed by atoms with Crippen LogP contribution in [0.2, 0.25) is 5.02 Å². The van der Waals surface area contributed by atoms with E-state index in [1.54, 1.807) is 0 Å². The van der Waals surface area contributed by atoms with E-state index < -0.39 is 0 Å². The number of nitrogens with zero attached hydrogens (tertiary/aromatic N) is 2. The standard InChI is InChI=1S/C22H24ClN3O2/c23-19-6-2-4-8-21(19)28-14-13-25-9-11-26(12-10-25)22(27)15-17-16-24-20-7-3-1-5-18(17)20/h1-8,16,24H,9-15H2. The molecule has 4 rings (SSSR count). The van der Waals surface area contributed by atoms with E-state index in [-0.39, 0.29) is 5.91 Å². The fourth-order valence-electron chi connectivity index (χ4n) is 3.62. The number of benzene rings is 2. The van der Waals surface area contributed by atoms with E-state index >= 15 is 0 Å². The highest BCUT2D eigenvalue weighted by atomic mass is 35.5. The molecule has 1 aliphatic rings. The van der Waals surface area contributed by atoms with Gasteiger partial charge in [0.05, 0.1) is 11.4 Å². The smallest absolute Gasteiger partial charge is 0.227 e. The van der Waals surface area contributed by atoms with Crippen LogP contribution in [0.1, 0.15) is 5.56 Å². The lowest BCUT2D eigenvalue weighted by atomic mass is 10.1. The zero-order valence-electron chi connectivity index (χ0n) is 15.7. The van der Waals surface area contributed by atoms with Crippen molar-refractivity contribution in [2.24, 2.45) is 0 Å². The fourth-order valence-corrected chi connectivity index (χ4v) is 3.81. The Kier molecular flexibility index (Phi) is 5.84. The molecule has 0 spiro atoms. The van der Waals surface area contributed by atoms with Crippen LogP contribution in [0.4, 0.5) is 0 Å². The van der Waals surface area contributed by atoms with Gasteiger partial charge in [0.15, 0.2) is 0 Å². The van der Waals surface area contributed by atoms with Crippen LogP contribution < -0.4 is 4.74 Å². The number of piperazine rings is 1. The van der Waals surface area contributed by atoms with Crippen LogP contribution in [-0.2, 0) is 11.2 Å². The third-order valence-electron chi connectivity index (χ3n) is 5.24. The Labute approximate surface area is 169 Å². The van der Waals surface area contributed by atoms with Gasteiger partial charge < -0.3 is 14.6 Å². The van der Waals surface area contributed by atoms with Crippen LogP contribution in [-0.4, -0.2) is 60.0 Å². The molecule has 1 amide bonds. The Hall–Kier alpha value is -2.50. The number of hydrogen-bond acceptors (Lipinski definition) is 3. The maximum atomic E-state index is 12.7. The van der Waals surface area contributed by atoms with Crippen LogP contribution in [0.15, 0.2) is 54.7 Å². The molecule has 0 unspecified atom stereocenters. The lowest BCUT2D eigenvalue weighted by molar-refractivity contribution is -0.132. The minimum absolute atomic E-state index is 0.191. The number of carbonyl (C=O) groups excluding carboxylic acids is 1. The molecule has 0 aliphatic carbocycles. The number of aromatic nitrogens is 1. The van der Waals surface area contributed by atoms with Crippen molar-refractivity contribution in [1.29, 1.82) is 0 Å². The minimum atomic E-state index is 0.191. The zero-order chi connectivity index (χ0) is 19.3. The molecule has 146 valence electrons. The summed E-state index contributed by atoms with van der Waals surface area (Å²) in [4.78, 5) is 20.2. The highest BCUT2D eigenvalue weighted by Gasteiger charge is 2.21. The largest absolute Gasteiger partial charge is 0.491 e. The summed E-state index contributed by atoms with van der Waals surface area (Å²) in [6.07, 6.45) is 2.39. The number of ether oxygens (including phenoxy) is 1. The van der Waals surface area contributed by atoms with Gasteiger partial charge in [-0.3, -0.25) is 9.69 Å². The average Bonchev–Trinajstić information content (AvgIpc) is 3.13. The number of amides is 1. The molecule has 0 radical (unpaired) electrons. The van der Waals surface area contributed by atoms with Crippen molar-refractivity contribution in [2.45, 2.75) is 6.42 Å². The number of rotatable bonds is 6. The molecule has 2 heterocycles. The second kappa shape index (κ2) is 8.67. The summed E-state index contributed by atoms with van der Waals surface area (Å²) in [5.41, 5.74) is 2.14. The predicted molar refractivity (Wildman–Crippen MR) is 112 cm³/mol. The number of carbonyl (C=O) groups is 1. The van der Waals surface area contributed by atoms with Gasteiger partial charge in [-0.15, -0.1) is 0 Å². The minimum Gasteiger partial charge on any atom is -0.491 e. The van der Waals surface area contributed by atoms with Gasteiger partial charge in [0.2, 0.25) is 5.91 Å². The lowest BCUT2D eigenvalue weighted by Gasteiger charge is -2.34. The van der Waals surface area contributed by atoms with Crippen molar-refractivity contribution in [3.05, 3.63) is 65.3 Å². The lowest BCUT2D eigenvalue weighted by Crippen LogP contribution is -2.49. The van der Waals surface area contributed by atoms with Crippen molar-refractivity contribution in [3.63, 3.8) is 0 Å². The molecule has 3 aromatic rings. The Bertz CT molecular complexity index is 948. The zero-order valence-corrected chi connectivity index (χ0v) is 16.5. The second-order valence-corrected chi connectivity index (χ2v) is 7.44. The summed E-state index contributed by atoms with van der Waals surface area (Å²) in [5.74, 6) is 0.911. The van der Waals surface area contributed by atoms with Gasteiger partial charge in [-0.1, -0.05) is 41.9 Å². The first-order chi connectivity index (χ1) is 13.7. The molecule has 1 fully saturated rings. The van der Waals surface area contributed by atoms with Gasteiger partial charge >= 0.3 is 0 Å². The van der Waals surface area contributed by atoms with E-state index in [4.69, 9.17) is 16.3 Å². The van der Waals surface area contributed by atoms with Crippen LogP contribution in [0.3, 0.4) is 0 Å². The van der Waals surface area contributed by atoms with E-state index in [0.29, 0.717) is 18.1 Å². The van der Waals surface area contributed by atoms with Crippen LogP contribution in [0, 0.1) is 0 Å². The molecule has 6 heteroatoms. The van der Waals surface area contributed by atoms with Crippen molar-refractivity contribution in [2.75, 3.05) is 39.3 Å². The van der Waals surface area contributed by atoms with E-state index in [0.717, 1.165) is 54.9 Å². The number of hydrogen-bond donors (Lipinski definition) is 1. The molecule has 1 N–H and O–H groups in total. The van der Waals surface area contributed by atoms with E-state index in [1.807, 2.05) is 53.6 Å². The van der Waals surface area contributed by atoms with Gasteiger partial charge in [-0.25, -0.2) is 0 Å². The molecule has 2 aromatic carbocycles. The summed E-state index contributed by atoms with van der Waals surface area (Å²) in [6, 6.07) is 15.6. The van der Waals surface area contributed by atoms with Gasteiger partial charge in [0.1, 0.15) is 12.4 Å². The highest BCUT2D eigenvalue weighted by molar-refractivity contribution is 6.32. The van der Waals surface area contributed by atoms with Gasteiger partial charge in [-0.05, 0) is 23.8 Å². The van der Waals surface area contributed by atoms with Crippen LogP contribution >= 0.6 is 11.6 Å². The van der Waals surface area contributed by atoms with Gasteiger partial charge in [-0.2, -0.15) is 0 Å². The Balaban J connectivity index is 1.23. The molecule has 0 bridgehead atoms. The Morgan fingerprint density at radius 1 is 1.04 bits per heavy atom. The molecule has 28 heavy (non-hydrogen) atoms. The first kappa shape index (κ1) is 18.8. The predicted octanol–water partition coefficient (Wildman–Crippen LogP) is 3.59. The molecule has 1 aliphatic heterocycles. The van der Waals surface area contributed by atoms with Gasteiger partial charge in [0, 0.05) is 49.8 Å². The summed E-state index contributed by atoms with van der Waals surface area (Å²) in [5, 5.41) is 1.77. The molecule has 5 nitrogen and oxygen atoms in total. The maximum Gasteiger partial charge on any atom is 0.227 e. The summed E-state index contributed by atoms with van der Waals surface area (Å²) >= 11 is 6.11. The number of para-hydroxylation sites is 2. The maximum absolute atomic E-state index is 12.7. The summed E-state index contributed by atoms with van der Waals surface area (Å²) < 4.78 is 5.77. The van der Waals surface area contributed by atoms with Crippen molar-refractivity contribution >= 4 is 28.4 Å². The molecule has 1 saturated heterocycles. The van der Waals surface area contributed by atoms with E-state index in [9.17, 15) is 4.79 Å². The third kappa shape index (κ3) is 4.32. The summed E-state index contributed by atoms with van der Waals surface area (Å²) in [6.45, 7) is 4.67. The number of fused-ring (bicyclic) bond motifs is 1. The number of nitrogens with one attached hydrogen (secondary N) is 1. The number of aromatic amines is 1. The van der Waals surface area contributed by atoms with E-state index in [1.165, 1.54) is 0 Å². The first-order valence-electron chi connectivity index (χ1n) is 9.63. The molecular weight excluding hydrogens is 374 g/mol.